The molecule has 2 heteroatoms. The van der Waals surface area contributed by atoms with Crippen molar-refractivity contribution in [2.45, 2.75) is 18.2 Å². The maximum atomic E-state index is 2.45. The zero-order chi connectivity index (χ0) is 9.97. The average molecular weight is 207 g/mol. The third-order valence-corrected chi connectivity index (χ3v) is 4.45. The van der Waals surface area contributed by atoms with Crippen LogP contribution in [0.2, 0.25) is 0 Å². The highest BCUT2D eigenvalue weighted by molar-refractivity contribution is 7.99. The molecule has 1 aromatic carbocycles. The number of thioether (sulfide) groups is 1. The molecule has 1 saturated heterocycles. The van der Waals surface area contributed by atoms with Crippen LogP contribution < -0.4 is 0 Å². The fraction of sp³-hybridized carbons (Fsp3) is 0.500. The van der Waals surface area contributed by atoms with Gasteiger partial charge in [0.25, 0.3) is 0 Å². The van der Waals surface area contributed by atoms with Gasteiger partial charge >= 0.3 is 0 Å². The van der Waals surface area contributed by atoms with Crippen LogP contribution in [0.25, 0.3) is 0 Å². The summed E-state index contributed by atoms with van der Waals surface area (Å²) < 4.78 is 0. The molecule has 1 fully saturated rings. The lowest BCUT2D eigenvalue weighted by molar-refractivity contribution is 0.259. The number of benzene rings is 1. The minimum Gasteiger partial charge on any atom is -0.301 e. The molecule has 0 aliphatic carbocycles. The molecule has 2 rings (SSSR count). The van der Waals surface area contributed by atoms with E-state index in [9.17, 15) is 0 Å². The van der Waals surface area contributed by atoms with E-state index in [-0.39, 0.29) is 0 Å². The van der Waals surface area contributed by atoms with Gasteiger partial charge in [-0.3, -0.25) is 0 Å². The van der Waals surface area contributed by atoms with Gasteiger partial charge < -0.3 is 4.90 Å². The zero-order valence-electron chi connectivity index (χ0n) is 8.81. The summed E-state index contributed by atoms with van der Waals surface area (Å²) in [6.07, 6.45) is 0. The van der Waals surface area contributed by atoms with Gasteiger partial charge in [-0.2, -0.15) is 11.8 Å². The molecule has 1 aliphatic heterocycles. The van der Waals surface area contributed by atoms with Gasteiger partial charge in [-0.25, -0.2) is 0 Å². The maximum Gasteiger partial charge on any atom is 0.0450 e. The van der Waals surface area contributed by atoms with Gasteiger partial charge in [-0.1, -0.05) is 30.3 Å². The van der Waals surface area contributed by atoms with Crippen LogP contribution in [0.15, 0.2) is 30.3 Å². The second kappa shape index (κ2) is 4.37. The third-order valence-electron chi connectivity index (χ3n) is 3.00. The monoisotopic (exact) mass is 207 g/mol. The van der Waals surface area contributed by atoms with Gasteiger partial charge in [0.05, 0.1) is 0 Å². The normalized spacial score (nSPS) is 29.0. The van der Waals surface area contributed by atoms with Crippen LogP contribution in [0.5, 0.6) is 0 Å². The van der Waals surface area contributed by atoms with E-state index in [1.165, 1.54) is 17.9 Å². The standard InChI is InChI=1S/C12H17NS/c1-10-12(14-9-8-13(10)2)11-6-4-3-5-7-11/h3-7,10,12H,8-9H2,1-2H3/t10-,12+/m0/s1. The van der Waals surface area contributed by atoms with Crippen molar-refractivity contribution in [3.63, 3.8) is 0 Å². The second-order valence-electron chi connectivity index (χ2n) is 3.92. The molecule has 0 bridgehead atoms. The first-order valence-corrected chi connectivity index (χ1v) is 6.20. The molecule has 1 heterocycles. The Morgan fingerprint density at radius 2 is 2.00 bits per heavy atom. The van der Waals surface area contributed by atoms with Crippen molar-refractivity contribution in [3.8, 4) is 0 Å². The minimum absolute atomic E-state index is 0.648. The molecule has 0 spiro atoms. The molecule has 2 atom stereocenters. The maximum absolute atomic E-state index is 2.45. The largest absolute Gasteiger partial charge is 0.301 e. The molecular weight excluding hydrogens is 190 g/mol. The second-order valence-corrected chi connectivity index (χ2v) is 5.17. The van der Waals surface area contributed by atoms with Gasteiger partial charge in [0.1, 0.15) is 0 Å². The van der Waals surface area contributed by atoms with Crippen LogP contribution in [0.4, 0.5) is 0 Å². The van der Waals surface area contributed by atoms with E-state index in [2.05, 4.69) is 61.0 Å². The SMILES string of the molecule is C[C@H]1[C@H](c2ccccc2)SCCN1C. The summed E-state index contributed by atoms with van der Waals surface area (Å²) in [5, 5.41) is 0.648. The molecule has 0 saturated carbocycles. The van der Waals surface area contributed by atoms with Crippen LogP contribution in [0.1, 0.15) is 17.7 Å². The Morgan fingerprint density at radius 3 is 2.71 bits per heavy atom. The van der Waals surface area contributed by atoms with Crippen LogP contribution >= 0.6 is 11.8 Å². The predicted molar refractivity (Wildman–Crippen MR) is 63.7 cm³/mol. The highest BCUT2D eigenvalue weighted by Crippen LogP contribution is 2.37. The van der Waals surface area contributed by atoms with E-state index < -0.39 is 0 Å². The van der Waals surface area contributed by atoms with Crippen LogP contribution in [-0.2, 0) is 0 Å². The molecule has 1 aliphatic rings. The molecule has 0 aromatic heterocycles. The van der Waals surface area contributed by atoms with Gasteiger partial charge in [0.15, 0.2) is 0 Å². The first-order valence-electron chi connectivity index (χ1n) is 5.16. The number of nitrogens with zero attached hydrogens (tertiary/aromatic N) is 1. The third kappa shape index (κ3) is 1.96. The Hall–Kier alpha value is -0.470. The number of rotatable bonds is 1. The van der Waals surface area contributed by atoms with Crippen molar-refractivity contribution < 1.29 is 0 Å². The van der Waals surface area contributed by atoms with Crippen molar-refractivity contribution in [2.24, 2.45) is 0 Å². The van der Waals surface area contributed by atoms with Gasteiger partial charge in [0, 0.05) is 23.6 Å². The minimum atomic E-state index is 0.648. The van der Waals surface area contributed by atoms with Crippen molar-refractivity contribution >= 4 is 11.8 Å². The predicted octanol–water partition coefficient (Wildman–Crippen LogP) is 2.79. The van der Waals surface area contributed by atoms with E-state index in [1.807, 2.05) is 0 Å². The van der Waals surface area contributed by atoms with E-state index in [4.69, 9.17) is 0 Å². The van der Waals surface area contributed by atoms with Crippen LogP contribution in [-0.4, -0.2) is 30.3 Å². The molecule has 1 aromatic rings. The first kappa shape index (κ1) is 10.1. The average Bonchev–Trinajstić information content (AvgIpc) is 2.23. The summed E-state index contributed by atoms with van der Waals surface area (Å²) >= 11 is 2.09. The summed E-state index contributed by atoms with van der Waals surface area (Å²) in [6, 6.07) is 11.5. The quantitative estimate of drug-likeness (QED) is 0.696. The van der Waals surface area contributed by atoms with Crippen molar-refractivity contribution in [3.05, 3.63) is 35.9 Å². The fourth-order valence-electron chi connectivity index (χ4n) is 1.92. The smallest absolute Gasteiger partial charge is 0.0450 e. The number of likely N-dealkylation sites (N-methyl/N-ethyl adjacent to an activating group) is 1. The summed E-state index contributed by atoms with van der Waals surface area (Å²) in [5.74, 6) is 1.25. The van der Waals surface area contributed by atoms with Crippen molar-refractivity contribution in [2.75, 3.05) is 19.3 Å². The summed E-state index contributed by atoms with van der Waals surface area (Å²) in [7, 11) is 2.22. The van der Waals surface area contributed by atoms with Crippen LogP contribution in [0.3, 0.4) is 0 Å². The molecular formula is C12H17NS. The molecule has 0 amide bonds. The molecule has 1 nitrogen and oxygen atoms in total. The lowest BCUT2D eigenvalue weighted by Crippen LogP contribution is -2.38. The van der Waals surface area contributed by atoms with Gasteiger partial charge in [0.2, 0.25) is 0 Å². The van der Waals surface area contributed by atoms with E-state index in [1.54, 1.807) is 0 Å². The van der Waals surface area contributed by atoms with Crippen molar-refractivity contribution in [1.29, 1.82) is 0 Å². The summed E-state index contributed by atoms with van der Waals surface area (Å²) in [5.41, 5.74) is 1.47. The summed E-state index contributed by atoms with van der Waals surface area (Å²) in [4.78, 5) is 2.45. The Balaban J connectivity index is 2.17. The Morgan fingerprint density at radius 1 is 1.29 bits per heavy atom. The Bertz CT molecular complexity index is 286. The molecule has 0 unspecified atom stereocenters. The highest BCUT2D eigenvalue weighted by atomic mass is 32.2. The van der Waals surface area contributed by atoms with Crippen molar-refractivity contribution in [1.82, 2.24) is 4.90 Å². The van der Waals surface area contributed by atoms with E-state index in [0.29, 0.717) is 11.3 Å². The van der Waals surface area contributed by atoms with Crippen LogP contribution in [0, 0.1) is 0 Å². The lowest BCUT2D eigenvalue weighted by Gasteiger charge is -2.36. The first-order chi connectivity index (χ1) is 6.79. The van der Waals surface area contributed by atoms with E-state index in [0.717, 1.165) is 0 Å². The number of hydrogen-bond donors (Lipinski definition) is 0. The Kier molecular flexibility index (Phi) is 3.14. The summed E-state index contributed by atoms with van der Waals surface area (Å²) in [6.45, 7) is 3.54. The van der Waals surface area contributed by atoms with E-state index >= 15 is 0 Å². The number of hydrogen-bond acceptors (Lipinski definition) is 2. The van der Waals surface area contributed by atoms with Gasteiger partial charge in [-0.15, -0.1) is 0 Å². The Labute approximate surface area is 90.5 Å². The zero-order valence-corrected chi connectivity index (χ0v) is 9.63. The molecule has 0 radical (unpaired) electrons. The lowest BCUT2D eigenvalue weighted by atomic mass is 10.1. The highest BCUT2D eigenvalue weighted by Gasteiger charge is 2.26. The topological polar surface area (TPSA) is 3.24 Å². The molecule has 76 valence electrons. The van der Waals surface area contributed by atoms with Gasteiger partial charge in [-0.05, 0) is 19.5 Å². The molecule has 0 N–H and O–H groups in total. The molecule has 14 heavy (non-hydrogen) atoms. The fourth-order valence-corrected chi connectivity index (χ4v) is 3.40.